The molecule has 4 aliphatic rings. The van der Waals surface area contributed by atoms with E-state index in [4.69, 9.17) is 0 Å². The highest BCUT2D eigenvalue weighted by atomic mass is 31.2. The van der Waals surface area contributed by atoms with Crippen LogP contribution in [0.3, 0.4) is 0 Å². The highest BCUT2D eigenvalue weighted by Gasteiger charge is 2.33. The van der Waals surface area contributed by atoms with E-state index in [0.29, 0.717) is 5.40 Å². The number of hydrogen-bond acceptors (Lipinski definition) is 0. The monoisotopic (exact) mass is 1000 g/mol. The van der Waals surface area contributed by atoms with Crippen molar-refractivity contribution in [3.63, 3.8) is 0 Å². The first-order chi connectivity index (χ1) is 35.7. The SMILES string of the molecule is [CH2]CCC(P(c1ccccc1)c1ccccc1)P(c1ccccc1)c1ccccc1.c1ccc(P(c2ccccc2)c2cc3ccc2CCc2ccc(c(P(c4ccccc4)c4ccccc4)c2)CC3)cc1. The standard InChI is InChI=1S/C40H34P2.C28H27P2/c1-5-13-35(14-6-1)41(36-15-7-2-8-16-36)39-29-31-21-25-33(39)27-23-32-22-26-34(28-24-31)40(30-32)42(37-17-9-3-10-18-37)38-19-11-4-12-20-38;1-2-15-28(29(24-16-7-3-8-17-24)25-18-9-4-10-19-25)30(26-20-11-5-12-21-26)27-22-13-6-14-23-27/h1-22,25-26,29-30H,23-24,27-28H2;3-14,16-23,28H,1-2,15H2. The fourth-order valence-corrected chi connectivity index (χ4v) is 22.5. The van der Waals surface area contributed by atoms with Crippen LogP contribution in [0.1, 0.15) is 35.1 Å². The zero-order valence-electron chi connectivity index (χ0n) is 40.9. The van der Waals surface area contributed by atoms with Crippen molar-refractivity contribution in [3.05, 3.63) is 308 Å². The molecule has 0 saturated carbocycles. The molecule has 4 heteroatoms. The van der Waals surface area contributed by atoms with E-state index in [9.17, 15) is 0 Å². The molecular weight excluding hydrogens is 941 g/mol. The molecule has 4 aliphatic carbocycles. The Balaban J connectivity index is 0.000000176. The van der Waals surface area contributed by atoms with Crippen molar-refractivity contribution < 1.29 is 0 Å². The second-order valence-corrected chi connectivity index (χ2v) is 27.7. The summed E-state index contributed by atoms with van der Waals surface area (Å²) in [6.07, 6.45) is 6.23. The van der Waals surface area contributed by atoms with Crippen LogP contribution in [0, 0.1) is 6.92 Å². The molecule has 10 aromatic carbocycles. The Kier molecular flexibility index (Phi) is 17.2. The fourth-order valence-electron chi connectivity index (χ4n) is 9.99. The molecule has 10 aromatic rings. The molecule has 0 unspecified atom stereocenters. The average Bonchev–Trinajstić information content (AvgIpc) is 3.45. The summed E-state index contributed by atoms with van der Waals surface area (Å²) in [4.78, 5) is 0. The van der Waals surface area contributed by atoms with Gasteiger partial charge in [-0.15, -0.1) is 0 Å². The van der Waals surface area contributed by atoms with Gasteiger partial charge in [-0.05, 0) is 139 Å². The van der Waals surface area contributed by atoms with E-state index < -0.39 is 31.7 Å². The molecule has 0 saturated heterocycles. The molecule has 14 rings (SSSR count). The minimum atomic E-state index is -0.630. The van der Waals surface area contributed by atoms with Crippen molar-refractivity contribution in [2.75, 3.05) is 0 Å². The Morgan fingerprint density at radius 2 is 0.542 bits per heavy atom. The molecular formula is C68H61P4. The summed E-state index contributed by atoms with van der Waals surface area (Å²) in [5.41, 5.74) is 5.84. The second kappa shape index (κ2) is 25.0. The van der Waals surface area contributed by atoms with Crippen molar-refractivity contribution in [1.82, 2.24) is 0 Å². The van der Waals surface area contributed by atoms with Gasteiger partial charge in [0, 0.05) is 5.40 Å². The van der Waals surface area contributed by atoms with Gasteiger partial charge in [0.25, 0.3) is 0 Å². The van der Waals surface area contributed by atoms with Crippen LogP contribution in [0.4, 0.5) is 0 Å². The summed E-state index contributed by atoms with van der Waals surface area (Å²) < 4.78 is 0. The van der Waals surface area contributed by atoms with E-state index in [1.807, 2.05) is 0 Å². The maximum atomic E-state index is 4.29. The predicted molar refractivity (Wildman–Crippen MR) is 322 cm³/mol. The van der Waals surface area contributed by atoms with Gasteiger partial charge in [-0.25, -0.2) is 0 Å². The van der Waals surface area contributed by atoms with Crippen molar-refractivity contribution in [3.8, 4) is 0 Å². The van der Waals surface area contributed by atoms with E-state index in [1.54, 1.807) is 0 Å². The first-order valence-electron chi connectivity index (χ1n) is 25.3. The van der Waals surface area contributed by atoms with Crippen molar-refractivity contribution >= 4 is 84.7 Å². The predicted octanol–water partition coefficient (Wildman–Crippen LogP) is 13.3. The Labute approximate surface area is 434 Å². The van der Waals surface area contributed by atoms with Gasteiger partial charge in [-0.3, -0.25) is 0 Å². The summed E-state index contributed by atoms with van der Waals surface area (Å²) in [5, 5.41) is 15.1. The van der Waals surface area contributed by atoms with Crippen molar-refractivity contribution in [2.24, 2.45) is 0 Å². The lowest BCUT2D eigenvalue weighted by Gasteiger charge is -2.36. The van der Waals surface area contributed by atoms with Crippen molar-refractivity contribution in [1.29, 1.82) is 0 Å². The lowest BCUT2D eigenvalue weighted by molar-refractivity contribution is 0.926. The second-order valence-electron chi connectivity index (χ2n) is 18.1. The van der Waals surface area contributed by atoms with Gasteiger partial charge in [0.2, 0.25) is 0 Å². The summed E-state index contributed by atoms with van der Waals surface area (Å²) in [6, 6.07) is 104. The third-order valence-electron chi connectivity index (χ3n) is 13.4. The van der Waals surface area contributed by atoms with Crippen LogP contribution in [0.5, 0.6) is 0 Å². The van der Waals surface area contributed by atoms with Gasteiger partial charge in [-0.1, -0.05) is 292 Å². The van der Waals surface area contributed by atoms with Crippen LogP contribution < -0.4 is 53.0 Å². The Morgan fingerprint density at radius 1 is 0.292 bits per heavy atom. The summed E-state index contributed by atoms with van der Waals surface area (Å²) in [7, 11) is -2.30. The molecule has 0 aliphatic heterocycles. The van der Waals surface area contributed by atoms with E-state index in [2.05, 4.69) is 286 Å². The fraction of sp³-hybridized carbons (Fsp3) is 0.103. The number of aryl methyl sites for hydroxylation is 4. The van der Waals surface area contributed by atoms with Gasteiger partial charge in [0.15, 0.2) is 0 Å². The summed E-state index contributed by atoms with van der Waals surface area (Å²) in [6.45, 7) is 4.29. The number of benzene rings is 10. The quantitative estimate of drug-likeness (QED) is 0.0953. The van der Waals surface area contributed by atoms with E-state index in [0.717, 1.165) is 38.5 Å². The largest absolute Gasteiger partial charge is 0.0622 e. The van der Waals surface area contributed by atoms with E-state index in [-0.39, 0.29) is 0 Å². The molecule has 353 valence electrons. The third kappa shape index (κ3) is 12.0. The molecule has 1 radical (unpaired) electrons. The summed E-state index contributed by atoms with van der Waals surface area (Å²) in [5.74, 6) is 0. The van der Waals surface area contributed by atoms with Gasteiger partial charge in [-0.2, -0.15) is 0 Å². The Bertz CT molecular complexity index is 2820. The average molecular weight is 1000 g/mol. The summed E-state index contributed by atoms with van der Waals surface area (Å²) >= 11 is 0. The molecule has 0 heterocycles. The Hall–Kier alpha value is -6.08. The molecule has 0 aromatic heterocycles. The molecule has 0 spiro atoms. The molecule has 0 N–H and O–H groups in total. The lowest BCUT2D eigenvalue weighted by Crippen LogP contribution is -2.27. The zero-order valence-corrected chi connectivity index (χ0v) is 44.5. The van der Waals surface area contributed by atoms with Gasteiger partial charge < -0.3 is 0 Å². The van der Waals surface area contributed by atoms with Gasteiger partial charge in [0.05, 0.1) is 0 Å². The Morgan fingerprint density at radius 3 is 0.792 bits per heavy atom. The molecule has 72 heavy (non-hydrogen) atoms. The smallest absolute Gasteiger partial charge is 0.0155 e. The molecule has 0 nitrogen and oxygen atoms in total. The third-order valence-corrected chi connectivity index (χ3v) is 25.0. The number of rotatable bonds is 14. The molecule has 0 fully saturated rings. The number of hydrogen-bond donors (Lipinski definition) is 0. The molecule has 0 amide bonds. The maximum absolute atomic E-state index is 4.29. The first kappa shape index (κ1) is 49.5. The topological polar surface area (TPSA) is 0 Å². The highest BCUT2D eigenvalue weighted by molar-refractivity contribution is 7.89. The van der Waals surface area contributed by atoms with E-state index in [1.165, 1.54) is 75.3 Å². The van der Waals surface area contributed by atoms with E-state index >= 15 is 0 Å². The lowest BCUT2D eigenvalue weighted by atomic mass is 9.96. The maximum Gasteiger partial charge on any atom is 0.0155 e. The normalized spacial score (nSPS) is 12.2. The van der Waals surface area contributed by atoms with Crippen LogP contribution in [-0.2, 0) is 25.7 Å². The van der Waals surface area contributed by atoms with Crippen LogP contribution in [0.15, 0.2) is 279 Å². The molecule has 4 bridgehead atoms. The molecule has 0 atom stereocenters. The van der Waals surface area contributed by atoms with Gasteiger partial charge >= 0.3 is 0 Å². The van der Waals surface area contributed by atoms with Gasteiger partial charge in [0.1, 0.15) is 0 Å². The zero-order chi connectivity index (χ0) is 48.7. The van der Waals surface area contributed by atoms with Crippen molar-refractivity contribution in [2.45, 2.75) is 43.9 Å². The van der Waals surface area contributed by atoms with Crippen LogP contribution in [0.2, 0.25) is 0 Å². The van der Waals surface area contributed by atoms with Crippen LogP contribution >= 0.6 is 31.7 Å². The minimum absolute atomic E-state index is 0.518. The first-order valence-corrected chi connectivity index (χ1v) is 30.8. The minimum Gasteiger partial charge on any atom is -0.0622 e. The highest BCUT2D eigenvalue weighted by Crippen LogP contribution is 2.58. The van der Waals surface area contributed by atoms with Crippen LogP contribution in [-0.4, -0.2) is 5.40 Å². The van der Waals surface area contributed by atoms with Crippen LogP contribution in [0.25, 0.3) is 0 Å².